The number of benzene rings is 1. The fourth-order valence-electron chi connectivity index (χ4n) is 3.38. The highest BCUT2D eigenvalue weighted by molar-refractivity contribution is 7.11. The Labute approximate surface area is 172 Å². The number of aromatic nitrogens is 3. The number of amides is 1. The lowest BCUT2D eigenvalue weighted by molar-refractivity contribution is 0.0954. The van der Waals surface area contributed by atoms with Crippen molar-refractivity contribution in [1.29, 1.82) is 0 Å². The van der Waals surface area contributed by atoms with Crippen molar-refractivity contribution in [3.05, 3.63) is 68.4 Å². The van der Waals surface area contributed by atoms with Crippen LogP contribution in [0.25, 0.3) is 0 Å². The molecule has 1 unspecified atom stereocenters. The highest BCUT2D eigenvalue weighted by Crippen LogP contribution is 2.30. The van der Waals surface area contributed by atoms with Gasteiger partial charge in [0.25, 0.3) is 5.91 Å². The smallest absolute Gasteiger partial charge is 0.254 e. The van der Waals surface area contributed by atoms with Crippen LogP contribution in [0, 0.1) is 0 Å². The molecule has 2 aromatic heterocycles. The van der Waals surface area contributed by atoms with Gasteiger partial charge in [0.05, 0.1) is 28.5 Å². The van der Waals surface area contributed by atoms with Crippen LogP contribution in [0.3, 0.4) is 0 Å². The molecular weight excluding hydrogens is 394 g/mol. The van der Waals surface area contributed by atoms with E-state index < -0.39 is 0 Å². The SMILES string of the molecule is Cn1cc(C(=O)NCCc2nc3c(s2)CCNC3Cc2ccc(Cl)cc2)cn1. The maximum atomic E-state index is 12.1. The van der Waals surface area contributed by atoms with E-state index in [2.05, 4.69) is 27.9 Å². The molecule has 0 spiro atoms. The number of fused-ring (bicyclic) bond motifs is 1. The summed E-state index contributed by atoms with van der Waals surface area (Å²) in [6.45, 7) is 1.53. The van der Waals surface area contributed by atoms with E-state index in [0.29, 0.717) is 12.1 Å². The summed E-state index contributed by atoms with van der Waals surface area (Å²) in [4.78, 5) is 18.4. The van der Waals surface area contributed by atoms with Gasteiger partial charge >= 0.3 is 0 Å². The minimum Gasteiger partial charge on any atom is -0.352 e. The van der Waals surface area contributed by atoms with E-state index in [4.69, 9.17) is 16.6 Å². The van der Waals surface area contributed by atoms with Gasteiger partial charge in [-0.05, 0) is 30.5 Å². The highest BCUT2D eigenvalue weighted by Gasteiger charge is 2.24. The normalized spacial score (nSPS) is 16.0. The Bertz CT molecular complexity index is 965. The van der Waals surface area contributed by atoms with E-state index >= 15 is 0 Å². The van der Waals surface area contributed by atoms with E-state index in [1.165, 1.54) is 10.4 Å². The quantitative estimate of drug-likeness (QED) is 0.649. The van der Waals surface area contributed by atoms with Crippen molar-refractivity contribution in [1.82, 2.24) is 25.4 Å². The Hall–Kier alpha value is -2.22. The van der Waals surface area contributed by atoms with E-state index in [1.54, 1.807) is 35.5 Å². The molecule has 0 bridgehead atoms. The van der Waals surface area contributed by atoms with Crippen LogP contribution in [-0.4, -0.2) is 33.8 Å². The largest absolute Gasteiger partial charge is 0.352 e. The average Bonchev–Trinajstić information content (AvgIpc) is 3.30. The molecule has 1 aromatic carbocycles. The summed E-state index contributed by atoms with van der Waals surface area (Å²) in [5.41, 5.74) is 2.97. The molecule has 1 aliphatic heterocycles. The van der Waals surface area contributed by atoms with Crippen molar-refractivity contribution in [2.45, 2.75) is 25.3 Å². The molecule has 8 heteroatoms. The molecule has 0 aliphatic carbocycles. The molecule has 0 saturated carbocycles. The van der Waals surface area contributed by atoms with Crippen molar-refractivity contribution in [2.24, 2.45) is 7.05 Å². The van der Waals surface area contributed by atoms with Crippen molar-refractivity contribution in [3.63, 3.8) is 0 Å². The van der Waals surface area contributed by atoms with E-state index in [0.717, 1.165) is 41.5 Å². The maximum Gasteiger partial charge on any atom is 0.254 e. The van der Waals surface area contributed by atoms with E-state index in [-0.39, 0.29) is 11.9 Å². The molecule has 2 N–H and O–H groups in total. The predicted molar refractivity (Wildman–Crippen MR) is 111 cm³/mol. The van der Waals surface area contributed by atoms with Crippen LogP contribution in [0.2, 0.25) is 5.02 Å². The number of nitrogens with zero attached hydrogens (tertiary/aromatic N) is 3. The van der Waals surface area contributed by atoms with Crippen molar-refractivity contribution in [2.75, 3.05) is 13.1 Å². The zero-order valence-corrected chi connectivity index (χ0v) is 17.2. The Morgan fingerprint density at radius 2 is 2.21 bits per heavy atom. The number of hydrogen-bond acceptors (Lipinski definition) is 5. The lowest BCUT2D eigenvalue weighted by Crippen LogP contribution is -2.30. The summed E-state index contributed by atoms with van der Waals surface area (Å²) in [5, 5.41) is 12.4. The van der Waals surface area contributed by atoms with Gasteiger partial charge in [-0.15, -0.1) is 11.3 Å². The number of carbonyl (C=O) groups excluding carboxylic acids is 1. The first kappa shape index (κ1) is 19.1. The molecule has 1 atom stereocenters. The summed E-state index contributed by atoms with van der Waals surface area (Å²) in [5.74, 6) is -0.100. The summed E-state index contributed by atoms with van der Waals surface area (Å²) in [6.07, 6.45) is 5.92. The van der Waals surface area contributed by atoms with Crippen LogP contribution < -0.4 is 10.6 Å². The standard InChI is InChI=1S/C20H22ClN5OS/c1-26-12-14(11-24-26)20(27)23-9-7-18-25-19-16(22-8-6-17(19)28-18)10-13-2-4-15(21)5-3-13/h2-5,11-12,16,22H,6-10H2,1H3,(H,23,27). The van der Waals surface area contributed by atoms with Crippen molar-refractivity contribution >= 4 is 28.8 Å². The van der Waals surface area contributed by atoms with E-state index in [1.807, 2.05) is 12.1 Å². The lowest BCUT2D eigenvalue weighted by Gasteiger charge is -2.23. The number of hydrogen-bond donors (Lipinski definition) is 2. The lowest BCUT2D eigenvalue weighted by atomic mass is 9.99. The van der Waals surface area contributed by atoms with Crippen molar-refractivity contribution in [3.8, 4) is 0 Å². The van der Waals surface area contributed by atoms with Gasteiger partial charge < -0.3 is 10.6 Å². The van der Waals surface area contributed by atoms with Gasteiger partial charge in [-0.25, -0.2) is 4.98 Å². The molecule has 1 amide bonds. The maximum absolute atomic E-state index is 12.1. The fourth-order valence-corrected chi connectivity index (χ4v) is 4.63. The summed E-state index contributed by atoms with van der Waals surface area (Å²) in [7, 11) is 1.80. The molecule has 28 heavy (non-hydrogen) atoms. The van der Waals surface area contributed by atoms with Gasteiger partial charge in [0.1, 0.15) is 0 Å². The Kier molecular flexibility index (Phi) is 5.75. The summed E-state index contributed by atoms with van der Waals surface area (Å²) < 4.78 is 1.62. The Morgan fingerprint density at radius 1 is 1.39 bits per heavy atom. The van der Waals surface area contributed by atoms with Gasteiger partial charge in [-0.3, -0.25) is 9.48 Å². The minimum absolute atomic E-state index is 0.100. The molecule has 0 saturated heterocycles. The Balaban J connectivity index is 1.37. The van der Waals surface area contributed by atoms with Crippen molar-refractivity contribution < 1.29 is 4.79 Å². The highest BCUT2D eigenvalue weighted by atomic mass is 35.5. The first-order valence-corrected chi connectivity index (χ1v) is 10.5. The third-order valence-corrected chi connectivity index (χ3v) is 6.23. The number of aryl methyl sites for hydroxylation is 1. The summed E-state index contributed by atoms with van der Waals surface area (Å²) in [6, 6.07) is 8.22. The molecule has 146 valence electrons. The first-order chi connectivity index (χ1) is 13.6. The van der Waals surface area contributed by atoms with Crippen LogP contribution in [0.1, 0.15) is 37.5 Å². The number of rotatable bonds is 6. The topological polar surface area (TPSA) is 71.8 Å². The van der Waals surface area contributed by atoms with Crippen LogP contribution in [0.15, 0.2) is 36.7 Å². The average molecular weight is 416 g/mol. The molecule has 4 rings (SSSR count). The third kappa shape index (κ3) is 4.43. The van der Waals surface area contributed by atoms with Gasteiger partial charge in [0.2, 0.25) is 0 Å². The fraction of sp³-hybridized carbons (Fsp3) is 0.350. The van der Waals surface area contributed by atoms with Gasteiger partial charge in [0, 0.05) is 42.7 Å². The molecular formula is C20H22ClN5OS. The van der Waals surface area contributed by atoms with Gasteiger partial charge in [-0.1, -0.05) is 23.7 Å². The van der Waals surface area contributed by atoms with Crippen LogP contribution in [-0.2, 0) is 26.3 Å². The van der Waals surface area contributed by atoms with Gasteiger partial charge in [-0.2, -0.15) is 5.10 Å². The molecule has 0 fully saturated rings. The Morgan fingerprint density at radius 3 is 2.96 bits per heavy atom. The number of thiazole rings is 1. The number of nitrogens with one attached hydrogen (secondary N) is 2. The summed E-state index contributed by atoms with van der Waals surface area (Å²) >= 11 is 7.75. The van der Waals surface area contributed by atoms with Crippen LogP contribution >= 0.6 is 22.9 Å². The zero-order chi connectivity index (χ0) is 19.5. The molecule has 3 aromatic rings. The predicted octanol–water partition coefficient (Wildman–Crippen LogP) is 2.93. The third-order valence-electron chi connectivity index (χ3n) is 4.79. The molecule has 0 radical (unpaired) electrons. The molecule has 6 nitrogen and oxygen atoms in total. The molecule has 3 heterocycles. The second-order valence-electron chi connectivity index (χ2n) is 6.91. The monoisotopic (exact) mass is 415 g/mol. The number of carbonyl (C=O) groups is 1. The van der Waals surface area contributed by atoms with Gasteiger partial charge in [0.15, 0.2) is 0 Å². The van der Waals surface area contributed by atoms with Crippen LogP contribution in [0.4, 0.5) is 0 Å². The zero-order valence-electron chi connectivity index (χ0n) is 15.6. The second kappa shape index (κ2) is 8.43. The van der Waals surface area contributed by atoms with Crippen LogP contribution in [0.5, 0.6) is 0 Å². The second-order valence-corrected chi connectivity index (χ2v) is 8.52. The molecule has 1 aliphatic rings. The van der Waals surface area contributed by atoms with E-state index in [9.17, 15) is 4.79 Å². The minimum atomic E-state index is -0.100. The first-order valence-electron chi connectivity index (χ1n) is 9.31. The number of halogens is 1.